The second kappa shape index (κ2) is 12.3. The van der Waals surface area contributed by atoms with Crippen molar-refractivity contribution in [3.05, 3.63) is 53.9 Å². The van der Waals surface area contributed by atoms with E-state index in [1.165, 1.54) is 16.8 Å². The largest absolute Gasteiger partial charge is 0.487 e. The SMILES string of the molecule is C[C@@H]1CN([C@H](C)CO)S(=O)(=O)c2ccc(C#Cc3ccncc3)cc2O[C@@H]1CN(C)C(=O)C1CCCCC1. The Kier molecular flexibility index (Phi) is 9.08. The van der Waals surface area contributed by atoms with Gasteiger partial charge in [0.1, 0.15) is 16.7 Å². The maximum atomic E-state index is 13.7. The summed E-state index contributed by atoms with van der Waals surface area (Å²) in [4.78, 5) is 18.9. The van der Waals surface area contributed by atoms with E-state index in [-0.39, 0.29) is 41.5 Å². The van der Waals surface area contributed by atoms with E-state index in [4.69, 9.17) is 4.74 Å². The highest BCUT2D eigenvalue weighted by atomic mass is 32.2. The van der Waals surface area contributed by atoms with Gasteiger partial charge in [-0.15, -0.1) is 0 Å². The predicted octanol–water partition coefficient (Wildman–Crippen LogP) is 3.29. The van der Waals surface area contributed by atoms with Crippen LogP contribution in [0.4, 0.5) is 0 Å². The number of fused-ring (bicyclic) bond motifs is 1. The molecule has 0 radical (unpaired) electrons. The van der Waals surface area contributed by atoms with Gasteiger partial charge in [0.25, 0.3) is 0 Å². The molecular formula is C29H37N3O5S. The fourth-order valence-electron chi connectivity index (χ4n) is 5.12. The highest BCUT2D eigenvalue weighted by Gasteiger charge is 2.38. The molecule has 1 fully saturated rings. The van der Waals surface area contributed by atoms with E-state index in [1.807, 2.05) is 6.92 Å². The lowest BCUT2D eigenvalue weighted by Crippen LogP contribution is -2.50. The summed E-state index contributed by atoms with van der Waals surface area (Å²) in [5, 5.41) is 9.85. The van der Waals surface area contributed by atoms with Gasteiger partial charge < -0.3 is 14.7 Å². The van der Waals surface area contributed by atoms with E-state index in [1.54, 1.807) is 55.5 Å². The van der Waals surface area contributed by atoms with Crippen molar-refractivity contribution in [2.45, 2.75) is 63.0 Å². The Hall–Kier alpha value is -2.93. The molecule has 1 saturated carbocycles. The van der Waals surface area contributed by atoms with Gasteiger partial charge in [-0.3, -0.25) is 9.78 Å². The number of hydrogen-bond acceptors (Lipinski definition) is 6. The quantitative estimate of drug-likeness (QED) is 0.586. The summed E-state index contributed by atoms with van der Waals surface area (Å²) in [5.74, 6) is 6.26. The van der Waals surface area contributed by atoms with Crippen LogP contribution in [0, 0.1) is 23.7 Å². The number of carbonyl (C=O) groups excluding carboxylic acids is 1. The minimum Gasteiger partial charge on any atom is -0.487 e. The van der Waals surface area contributed by atoms with Crippen LogP contribution in [0.25, 0.3) is 0 Å². The summed E-state index contributed by atoms with van der Waals surface area (Å²) in [6.07, 6.45) is 8.01. The van der Waals surface area contributed by atoms with E-state index in [0.29, 0.717) is 12.1 Å². The Bertz CT molecular complexity index is 1280. The molecule has 1 aromatic heterocycles. The number of benzene rings is 1. The number of aliphatic hydroxyl groups is 1. The molecule has 2 heterocycles. The highest BCUT2D eigenvalue weighted by molar-refractivity contribution is 7.89. The molecule has 0 unspecified atom stereocenters. The summed E-state index contributed by atoms with van der Waals surface area (Å²) in [6.45, 7) is 3.82. The zero-order valence-corrected chi connectivity index (χ0v) is 23.2. The third kappa shape index (κ3) is 6.37. The average molecular weight is 540 g/mol. The van der Waals surface area contributed by atoms with Gasteiger partial charge in [0.15, 0.2) is 0 Å². The van der Waals surface area contributed by atoms with Gasteiger partial charge in [-0.1, -0.05) is 38.0 Å². The molecule has 9 heteroatoms. The van der Waals surface area contributed by atoms with Gasteiger partial charge in [0.2, 0.25) is 15.9 Å². The van der Waals surface area contributed by atoms with Crippen LogP contribution in [0.2, 0.25) is 0 Å². The fourth-order valence-corrected chi connectivity index (χ4v) is 6.95. The Morgan fingerprint density at radius 1 is 1.16 bits per heavy atom. The number of amides is 1. The minimum atomic E-state index is -3.94. The van der Waals surface area contributed by atoms with Crippen molar-refractivity contribution in [2.24, 2.45) is 11.8 Å². The summed E-state index contributed by atoms with van der Waals surface area (Å²) in [6, 6.07) is 7.81. The zero-order valence-electron chi connectivity index (χ0n) is 22.3. The number of sulfonamides is 1. The van der Waals surface area contributed by atoms with Crippen LogP contribution in [-0.4, -0.2) is 72.5 Å². The second-order valence-corrected chi connectivity index (χ2v) is 12.3. The van der Waals surface area contributed by atoms with Crippen LogP contribution in [0.3, 0.4) is 0 Å². The van der Waals surface area contributed by atoms with Crippen LogP contribution >= 0.6 is 0 Å². The Morgan fingerprint density at radius 2 is 1.84 bits per heavy atom. The topological polar surface area (TPSA) is 100 Å². The molecule has 1 aliphatic heterocycles. The van der Waals surface area contributed by atoms with Crippen molar-refractivity contribution in [1.29, 1.82) is 0 Å². The normalized spacial score (nSPS) is 22.5. The minimum absolute atomic E-state index is 0.0328. The molecule has 0 spiro atoms. The van der Waals surface area contributed by atoms with E-state index in [0.717, 1.165) is 31.2 Å². The third-order valence-corrected chi connectivity index (χ3v) is 9.50. The Balaban J connectivity index is 1.68. The van der Waals surface area contributed by atoms with Crippen molar-refractivity contribution < 1.29 is 23.1 Å². The van der Waals surface area contributed by atoms with Crippen LogP contribution in [0.1, 0.15) is 57.1 Å². The molecule has 204 valence electrons. The van der Waals surface area contributed by atoms with Crippen molar-refractivity contribution in [3.63, 3.8) is 0 Å². The molecule has 0 saturated heterocycles. The third-order valence-electron chi connectivity index (χ3n) is 7.48. The van der Waals surface area contributed by atoms with Crippen molar-refractivity contribution in [1.82, 2.24) is 14.2 Å². The number of aromatic nitrogens is 1. The summed E-state index contributed by atoms with van der Waals surface area (Å²) in [5.41, 5.74) is 1.40. The standard InChI is InChI=1S/C29H37N3O5S/c1-21-18-32(22(2)20-33)38(35,36)28-12-11-24(10-9-23-13-15-30-16-14-23)17-26(28)37-27(21)19-31(3)29(34)25-7-5-4-6-8-25/h11-17,21-22,25,27,33H,4-8,18-20H2,1-3H3/t21-,22-,27-/m1/s1. The first-order valence-electron chi connectivity index (χ1n) is 13.3. The average Bonchev–Trinajstić information content (AvgIpc) is 2.93. The lowest BCUT2D eigenvalue weighted by Gasteiger charge is -2.38. The van der Waals surface area contributed by atoms with Crippen LogP contribution in [0.5, 0.6) is 5.75 Å². The highest BCUT2D eigenvalue weighted by Crippen LogP contribution is 2.34. The maximum absolute atomic E-state index is 13.7. The van der Waals surface area contributed by atoms with Gasteiger partial charge in [0, 0.05) is 55.0 Å². The lowest BCUT2D eigenvalue weighted by molar-refractivity contribution is -0.136. The summed E-state index contributed by atoms with van der Waals surface area (Å²) < 4.78 is 35.1. The van der Waals surface area contributed by atoms with E-state index >= 15 is 0 Å². The Morgan fingerprint density at radius 3 is 2.53 bits per heavy atom. The first-order valence-corrected chi connectivity index (χ1v) is 14.7. The van der Waals surface area contributed by atoms with Gasteiger partial charge in [-0.25, -0.2) is 8.42 Å². The van der Waals surface area contributed by atoms with Crippen molar-refractivity contribution in [2.75, 3.05) is 26.7 Å². The predicted molar refractivity (Wildman–Crippen MR) is 145 cm³/mol. The number of rotatable bonds is 5. The molecular weight excluding hydrogens is 502 g/mol. The molecule has 2 aliphatic rings. The summed E-state index contributed by atoms with van der Waals surface area (Å²) >= 11 is 0. The number of ether oxygens (including phenoxy) is 1. The monoisotopic (exact) mass is 539 g/mol. The van der Waals surface area contributed by atoms with E-state index in [9.17, 15) is 18.3 Å². The van der Waals surface area contributed by atoms with Crippen LogP contribution < -0.4 is 4.74 Å². The molecule has 8 nitrogen and oxygen atoms in total. The molecule has 1 amide bonds. The zero-order chi connectivity index (χ0) is 27.3. The number of carbonyl (C=O) groups is 1. The second-order valence-electron chi connectivity index (χ2n) is 10.4. The van der Waals surface area contributed by atoms with Crippen LogP contribution in [-0.2, 0) is 14.8 Å². The number of pyridine rings is 1. The number of nitrogens with zero attached hydrogens (tertiary/aromatic N) is 3. The molecule has 1 aliphatic carbocycles. The van der Waals surface area contributed by atoms with E-state index < -0.39 is 22.2 Å². The molecule has 1 N–H and O–H groups in total. The molecule has 4 rings (SSSR count). The lowest BCUT2D eigenvalue weighted by atomic mass is 9.88. The van der Waals surface area contributed by atoms with Crippen molar-refractivity contribution in [3.8, 4) is 17.6 Å². The first-order chi connectivity index (χ1) is 18.2. The summed E-state index contributed by atoms with van der Waals surface area (Å²) in [7, 11) is -2.15. The molecule has 3 atom stereocenters. The Labute approximate surface area is 226 Å². The molecule has 38 heavy (non-hydrogen) atoms. The van der Waals surface area contributed by atoms with Gasteiger partial charge in [0.05, 0.1) is 13.2 Å². The number of likely N-dealkylation sites (N-methyl/N-ethyl adjacent to an activating group) is 1. The van der Waals surface area contributed by atoms with Crippen molar-refractivity contribution >= 4 is 15.9 Å². The maximum Gasteiger partial charge on any atom is 0.247 e. The molecule has 2 aromatic rings. The van der Waals surface area contributed by atoms with Gasteiger partial charge >= 0.3 is 0 Å². The molecule has 1 aromatic carbocycles. The first kappa shape index (κ1) is 28.1. The van der Waals surface area contributed by atoms with Crippen LogP contribution in [0.15, 0.2) is 47.6 Å². The van der Waals surface area contributed by atoms with E-state index in [2.05, 4.69) is 16.8 Å². The molecule has 0 bridgehead atoms. The fraction of sp³-hybridized carbons (Fsp3) is 0.517. The van der Waals surface area contributed by atoms with Gasteiger partial charge in [-0.05, 0) is 50.1 Å². The van der Waals surface area contributed by atoms with Gasteiger partial charge in [-0.2, -0.15) is 4.31 Å². The number of aliphatic hydroxyl groups excluding tert-OH is 1. The smallest absolute Gasteiger partial charge is 0.247 e. The number of hydrogen-bond donors (Lipinski definition) is 1.